The average molecular weight is 272 g/mol. The molecule has 19 heavy (non-hydrogen) atoms. The molecule has 0 aromatic carbocycles. The summed E-state index contributed by atoms with van der Waals surface area (Å²) >= 11 is 0. The molecule has 6 nitrogen and oxygen atoms in total. The second kappa shape index (κ2) is 6.23. The van der Waals surface area contributed by atoms with Crippen molar-refractivity contribution in [3.8, 4) is 0 Å². The van der Waals surface area contributed by atoms with E-state index in [0.29, 0.717) is 19.6 Å². The van der Waals surface area contributed by atoms with Crippen LogP contribution in [0.3, 0.4) is 0 Å². The largest absolute Gasteiger partial charge is 0.466 e. The third-order valence-corrected chi connectivity index (χ3v) is 2.91. The summed E-state index contributed by atoms with van der Waals surface area (Å²) in [6, 6.07) is -0.266. The molecule has 1 saturated heterocycles. The number of piperidine rings is 1. The Morgan fingerprint density at radius 3 is 2.53 bits per heavy atom. The van der Waals surface area contributed by atoms with Crippen molar-refractivity contribution < 1.29 is 19.1 Å². The molecule has 0 bridgehead atoms. The van der Waals surface area contributed by atoms with Crippen LogP contribution in [-0.2, 0) is 14.3 Å². The monoisotopic (exact) mass is 272 g/mol. The Morgan fingerprint density at radius 1 is 1.37 bits per heavy atom. The van der Waals surface area contributed by atoms with Crippen molar-refractivity contribution in [2.24, 2.45) is 11.7 Å². The first-order valence-electron chi connectivity index (χ1n) is 6.64. The van der Waals surface area contributed by atoms with Gasteiger partial charge in [0.15, 0.2) is 0 Å². The van der Waals surface area contributed by atoms with E-state index in [4.69, 9.17) is 15.2 Å². The van der Waals surface area contributed by atoms with Crippen LogP contribution in [0.25, 0.3) is 0 Å². The zero-order chi connectivity index (χ0) is 14.6. The Morgan fingerprint density at radius 2 is 2.00 bits per heavy atom. The molecule has 1 amide bonds. The van der Waals surface area contributed by atoms with E-state index < -0.39 is 17.6 Å². The summed E-state index contributed by atoms with van der Waals surface area (Å²) in [5.41, 5.74) is 5.37. The predicted octanol–water partition coefficient (Wildman–Crippen LogP) is 1.13. The third-order valence-electron chi connectivity index (χ3n) is 2.91. The molecule has 2 atom stereocenters. The van der Waals surface area contributed by atoms with Gasteiger partial charge in [0.05, 0.1) is 12.5 Å². The van der Waals surface area contributed by atoms with Crippen LogP contribution < -0.4 is 5.73 Å². The van der Waals surface area contributed by atoms with E-state index >= 15 is 0 Å². The van der Waals surface area contributed by atoms with Crippen LogP contribution in [0.4, 0.5) is 4.79 Å². The maximum atomic E-state index is 12.0. The van der Waals surface area contributed by atoms with E-state index in [1.165, 1.54) is 4.90 Å². The first kappa shape index (κ1) is 15.8. The van der Waals surface area contributed by atoms with Gasteiger partial charge in [-0.1, -0.05) is 0 Å². The summed E-state index contributed by atoms with van der Waals surface area (Å²) in [4.78, 5) is 25.3. The second-order valence-corrected chi connectivity index (χ2v) is 5.74. The lowest BCUT2D eigenvalue weighted by atomic mass is 9.93. The number of rotatable bonds is 2. The molecule has 1 fully saturated rings. The quantitative estimate of drug-likeness (QED) is 0.762. The molecule has 0 aromatic heterocycles. The number of hydrogen-bond donors (Lipinski definition) is 1. The van der Waals surface area contributed by atoms with Gasteiger partial charge in [0.1, 0.15) is 5.60 Å². The minimum absolute atomic E-state index is 0.259. The summed E-state index contributed by atoms with van der Waals surface area (Å²) in [7, 11) is 0. The van der Waals surface area contributed by atoms with Gasteiger partial charge in [0.2, 0.25) is 0 Å². The lowest BCUT2D eigenvalue weighted by molar-refractivity contribution is -0.150. The SMILES string of the molecule is CCOC(=O)[C@H]1CN(C(=O)OC(C)(C)C)CCC1N. The van der Waals surface area contributed by atoms with E-state index in [-0.39, 0.29) is 18.6 Å². The first-order chi connectivity index (χ1) is 8.74. The van der Waals surface area contributed by atoms with Crippen LogP contribution in [0, 0.1) is 5.92 Å². The van der Waals surface area contributed by atoms with Crippen molar-refractivity contribution in [3.05, 3.63) is 0 Å². The van der Waals surface area contributed by atoms with Crippen LogP contribution in [0.5, 0.6) is 0 Å². The van der Waals surface area contributed by atoms with E-state index in [9.17, 15) is 9.59 Å². The van der Waals surface area contributed by atoms with Gasteiger partial charge in [0, 0.05) is 19.1 Å². The molecule has 110 valence electrons. The molecule has 0 saturated carbocycles. The highest BCUT2D eigenvalue weighted by atomic mass is 16.6. The number of nitrogens with zero attached hydrogens (tertiary/aromatic N) is 1. The van der Waals surface area contributed by atoms with E-state index in [2.05, 4.69) is 0 Å². The molecular weight excluding hydrogens is 248 g/mol. The molecule has 0 radical (unpaired) electrons. The first-order valence-corrected chi connectivity index (χ1v) is 6.64. The molecule has 0 aliphatic carbocycles. The number of carbonyl (C=O) groups excluding carboxylic acids is 2. The van der Waals surface area contributed by atoms with Gasteiger partial charge in [-0.3, -0.25) is 4.79 Å². The maximum Gasteiger partial charge on any atom is 0.410 e. The minimum Gasteiger partial charge on any atom is -0.466 e. The van der Waals surface area contributed by atoms with E-state index in [1.54, 1.807) is 6.92 Å². The fourth-order valence-corrected chi connectivity index (χ4v) is 1.96. The van der Waals surface area contributed by atoms with E-state index in [0.717, 1.165) is 0 Å². The van der Waals surface area contributed by atoms with Crippen molar-refractivity contribution >= 4 is 12.1 Å². The Balaban J connectivity index is 2.63. The number of carbonyl (C=O) groups is 2. The summed E-state index contributed by atoms with van der Waals surface area (Å²) in [5.74, 6) is -0.815. The van der Waals surface area contributed by atoms with Crippen molar-refractivity contribution in [3.63, 3.8) is 0 Å². The van der Waals surface area contributed by atoms with Gasteiger partial charge in [-0.15, -0.1) is 0 Å². The zero-order valence-corrected chi connectivity index (χ0v) is 12.1. The maximum absolute atomic E-state index is 12.0. The van der Waals surface area contributed by atoms with Crippen LogP contribution >= 0.6 is 0 Å². The van der Waals surface area contributed by atoms with Gasteiger partial charge in [0.25, 0.3) is 0 Å². The molecule has 6 heteroatoms. The highest BCUT2D eigenvalue weighted by molar-refractivity contribution is 5.75. The van der Waals surface area contributed by atoms with Gasteiger partial charge in [-0.2, -0.15) is 0 Å². The lowest BCUT2D eigenvalue weighted by Crippen LogP contribution is -2.53. The molecule has 1 heterocycles. The minimum atomic E-state index is -0.546. The van der Waals surface area contributed by atoms with E-state index in [1.807, 2.05) is 20.8 Å². The molecule has 0 aromatic rings. The van der Waals surface area contributed by atoms with Crippen molar-refractivity contribution in [1.82, 2.24) is 4.90 Å². The molecule has 1 aliphatic rings. The third kappa shape index (κ3) is 4.70. The standard InChI is InChI=1S/C13H24N2O4/c1-5-18-11(16)9-8-15(7-6-10(9)14)12(17)19-13(2,3)4/h9-10H,5-8,14H2,1-4H3/t9-,10?/m0/s1. The van der Waals surface area contributed by atoms with Gasteiger partial charge >= 0.3 is 12.1 Å². The van der Waals surface area contributed by atoms with Gasteiger partial charge in [-0.05, 0) is 34.1 Å². The van der Waals surface area contributed by atoms with Crippen LogP contribution in [0.15, 0.2) is 0 Å². The second-order valence-electron chi connectivity index (χ2n) is 5.74. The molecule has 2 N–H and O–H groups in total. The number of likely N-dealkylation sites (tertiary alicyclic amines) is 1. The fraction of sp³-hybridized carbons (Fsp3) is 0.846. The summed E-state index contributed by atoms with van der Waals surface area (Å²) < 4.78 is 10.3. The predicted molar refractivity (Wildman–Crippen MR) is 70.5 cm³/mol. The average Bonchev–Trinajstić information content (AvgIpc) is 2.27. The Hall–Kier alpha value is -1.30. The molecule has 0 spiro atoms. The number of amides is 1. The molecule has 1 rings (SSSR count). The lowest BCUT2D eigenvalue weighted by Gasteiger charge is -2.36. The zero-order valence-electron chi connectivity index (χ0n) is 12.1. The van der Waals surface area contributed by atoms with Crippen molar-refractivity contribution in [2.45, 2.75) is 45.8 Å². The van der Waals surface area contributed by atoms with Crippen molar-refractivity contribution in [1.29, 1.82) is 0 Å². The number of nitrogens with two attached hydrogens (primary N) is 1. The highest BCUT2D eigenvalue weighted by Gasteiger charge is 2.36. The highest BCUT2D eigenvalue weighted by Crippen LogP contribution is 2.19. The van der Waals surface area contributed by atoms with Crippen molar-refractivity contribution in [2.75, 3.05) is 19.7 Å². The topological polar surface area (TPSA) is 81.9 Å². The van der Waals surface area contributed by atoms with Gasteiger partial charge < -0.3 is 20.1 Å². The normalized spacial score (nSPS) is 23.9. The summed E-state index contributed by atoms with van der Waals surface area (Å²) in [5, 5.41) is 0. The Labute approximate surface area is 114 Å². The van der Waals surface area contributed by atoms with Gasteiger partial charge in [-0.25, -0.2) is 4.79 Å². The molecular formula is C13H24N2O4. The number of ether oxygens (including phenoxy) is 2. The number of hydrogen-bond acceptors (Lipinski definition) is 5. The summed E-state index contributed by atoms with van der Waals surface area (Å²) in [6.45, 7) is 8.25. The van der Waals surface area contributed by atoms with Crippen LogP contribution in [0.2, 0.25) is 0 Å². The molecule has 1 unspecified atom stereocenters. The smallest absolute Gasteiger partial charge is 0.410 e. The Bertz CT molecular complexity index is 338. The number of esters is 1. The van der Waals surface area contributed by atoms with Crippen LogP contribution in [0.1, 0.15) is 34.1 Å². The van der Waals surface area contributed by atoms with Crippen LogP contribution in [-0.4, -0.2) is 48.3 Å². The summed E-state index contributed by atoms with van der Waals surface area (Å²) in [6.07, 6.45) is 0.164. The fourth-order valence-electron chi connectivity index (χ4n) is 1.96. The Kier molecular flexibility index (Phi) is 5.17. The molecule has 1 aliphatic heterocycles.